The molecule has 0 atom stereocenters. The number of hydrogen-bond acceptors (Lipinski definition) is 4. The molecule has 0 saturated carbocycles. The number of hydrogen-bond donors (Lipinski definition) is 0. The molecule has 1 aromatic carbocycles. The van der Waals surface area contributed by atoms with Gasteiger partial charge in [0.05, 0.1) is 9.73 Å². The van der Waals surface area contributed by atoms with Crippen molar-refractivity contribution in [1.29, 1.82) is 0 Å². The van der Waals surface area contributed by atoms with Crippen LogP contribution < -0.4 is 5.56 Å². The quantitative estimate of drug-likeness (QED) is 0.370. The summed E-state index contributed by atoms with van der Waals surface area (Å²) in [6, 6.07) is 12.8. The van der Waals surface area contributed by atoms with Crippen molar-refractivity contribution in [2.45, 2.75) is 17.3 Å². The highest BCUT2D eigenvalue weighted by Crippen LogP contribution is 2.43. The Hall–Kier alpha value is -2.52. The largest absolute Gasteiger partial charge is 0.431 e. The molecule has 0 amide bonds. The van der Waals surface area contributed by atoms with E-state index in [4.69, 9.17) is 0 Å². The van der Waals surface area contributed by atoms with Crippen LogP contribution in [0.25, 0.3) is 32.9 Å². The number of aromatic nitrogens is 3. The van der Waals surface area contributed by atoms with Gasteiger partial charge in [0.25, 0.3) is 5.56 Å². The summed E-state index contributed by atoms with van der Waals surface area (Å²) >= 11 is 3.26. The predicted octanol–water partition coefficient (Wildman–Crippen LogP) is 5.80. The molecule has 0 aliphatic heterocycles. The minimum Gasteiger partial charge on any atom is -0.323 e. The number of imidazole rings is 1. The fraction of sp³-hybridized carbons (Fsp3) is 0.238. The number of thiophene rings is 1. The van der Waals surface area contributed by atoms with Crippen molar-refractivity contribution >= 4 is 34.1 Å². The van der Waals surface area contributed by atoms with Crippen molar-refractivity contribution < 1.29 is 13.2 Å². The minimum absolute atomic E-state index is 0.0443. The number of fused-ring (bicyclic) bond motifs is 1. The van der Waals surface area contributed by atoms with Crippen LogP contribution >= 0.6 is 23.1 Å². The molecule has 156 valence electrons. The van der Waals surface area contributed by atoms with Gasteiger partial charge in [0, 0.05) is 24.5 Å². The molecule has 0 saturated heterocycles. The number of thioether (sulfide) groups is 1. The zero-order chi connectivity index (χ0) is 21.6. The highest BCUT2D eigenvalue weighted by molar-refractivity contribution is 8.01. The molecule has 0 aliphatic rings. The third kappa shape index (κ3) is 3.45. The van der Waals surface area contributed by atoms with Crippen LogP contribution in [0.3, 0.4) is 0 Å². The normalized spacial score (nSPS) is 12.1. The van der Waals surface area contributed by atoms with Crippen molar-refractivity contribution in [1.82, 2.24) is 14.1 Å². The molecule has 0 unspecified atom stereocenters. The molecule has 4 rings (SSSR count). The zero-order valence-electron chi connectivity index (χ0n) is 16.4. The first-order chi connectivity index (χ1) is 14.2. The van der Waals surface area contributed by atoms with E-state index < -0.39 is 17.4 Å². The van der Waals surface area contributed by atoms with E-state index in [1.54, 1.807) is 34.7 Å². The summed E-state index contributed by atoms with van der Waals surface area (Å²) < 4.78 is 43.3. The van der Waals surface area contributed by atoms with Crippen LogP contribution in [0.2, 0.25) is 0 Å². The lowest BCUT2D eigenvalue weighted by molar-refractivity contribution is -0.143. The third-order valence-corrected chi connectivity index (χ3v) is 7.18. The number of alkyl halides is 3. The Labute approximate surface area is 179 Å². The average Bonchev–Trinajstić information content (AvgIpc) is 3.26. The lowest BCUT2D eigenvalue weighted by Crippen LogP contribution is -2.26. The first-order valence-electron chi connectivity index (χ1n) is 9.18. The van der Waals surface area contributed by atoms with Gasteiger partial charge in [-0.3, -0.25) is 4.79 Å². The van der Waals surface area contributed by atoms with Crippen LogP contribution in [0.4, 0.5) is 13.2 Å². The summed E-state index contributed by atoms with van der Waals surface area (Å²) in [6.07, 6.45) is -4.63. The molecule has 4 nitrogen and oxygen atoms in total. The fourth-order valence-electron chi connectivity index (χ4n) is 3.39. The van der Waals surface area contributed by atoms with Gasteiger partial charge in [-0.05, 0) is 23.4 Å². The van der Waals surface area contributed by atoms with E-state index in [0.29, 0.717) is 10.4 Å². The molecule has 0 fully saturated rings. The first-order valence-corrected chi connectivity index (χ1v) is 11.0. The highest BCUT2D eigenvalue weighted by atomic mass is 32.2. The van der Waals surface area contributed by atoms with E-state index in [9.17, 15) is 18.0 Å². The van der Waals surface area contributed by atoms with Gasteiger partial charge in [-0.2, -0.15) is 13.2 Å². The lowest BCUT2D eigenvalue weighted by Gasteiger charge is -2.11. The summed E-state index contributed by atoms with van der Waals surface area (Å²) in [4.78, 5) is 18.2. The maximum absolute atomic E-state index is 13.3. The zero-order valence-corrected chi connectivity index (χ0v) is 18.1. The molecule has 4 aromatic rings. The topological polar surface area (TPSA) is 39.8 Å². The minimum atomic E-state index is -4.63. The molecule has 0 radical (unpaired) electrons. The van der Waals surface area contributed by atoms with Crippen LogP contribution in [0, 0.1) is 0 Å². The van der Waals surface area contributed by atoms with E-state index in [1.807, 2.05) is 43.3 Å². The van der Waals surface area contributed by atoms with E-state index >= 15 is 0 Å². The van der Waals surface area contributed by atoms with Crippen molar-refractivity contribution in [2.24, 2.45) is 14.1 Å². The van der Waals surface area contributed by atoms with Crippen molar-refractivity contribution in [3.63, 3.8) is 0 Å². The standard InChI is InChI=1S/C21H18F3N3OS2/c1-4-29-20-13(10-15(30-20)12-8-6-5-7-9-12)18-25-14-11-16(21(22,23)24)26(2)19(28)17(14)27(18)3/h5-11H,4H2,1-3H3. The fourth-order valence-corrected chi connectivity index (χ4v) is 5.71. The highest BCUT2D eigenvalue weighted by Gasteiger charge is 2.35. The summed E-state index contributed by atoms with van der Waals surface area (Å²) in [5.41, 5.74) is 0.344. The van der Waals surface area contributed by atoms with Crippen LogP contribution in [-0.2, 0) is 20.3 Å². The summed E-state index contributed by atoms with van der Waals surface area (Å²) in [6.45, 7) is 2.04. The maximum Gasteiger partial charge on any atom is 0.431 e. The van der Waals surface area contributed by atoms with E-state index in [0.717, 1.165) is 39.1 Å². The van der Waals surface area contributed by atoms with Crippen molar-refractivity contribution in [3.8, 4) is 21.8 Å². The number of nitrogens with zero attached hydrogens (tertiary/aromatic N) is 3. The lowest BCUT2D eigenvalue weighted by atomic mass is 10.1. The van der Waals surface area contributed by atoms with E-state index in [1.165, 1.54) is 0 Å². The maximum atomic E-state index is 13.3. The molecule has 9 heteroatoms. The molecule has 0 aliphatic carbocycles. The summed E-state index contributed by atoms with van der Waals surface area (Å²) in [5.74, 6) is 1.32. The van der Waals surface area contributed by atoms with E-state index in [-0.39, 0.29) is 11.0 Å². The molecule has 30 heavy (non-hydrogen) atoms. The first kappa shape index (κ1) is 20.7. The molecule has 0 bridgehead atoms. The monoisotopic (exact) mass is 449 g/mol. The second-order valence-electron chi connectivity index (χ2n) is 6.73. The molecule has 3 aromatic heterocycles. The van der Waals surface area contributed by atoms with Gasteiger partial charge >= 0.3 is 6.18 Å². The van der Waals surface area contributed by atoms with Crippen molar-refractivity contribution in [3.05, 3.63) is 58.5 Å². The summed E-state index contributed by atoms with van der Waals surface area (Å²) in [7, 11) is 2.80. The van der Waals surface area contributed by atoms with Gasteiger partial charge in [0.15, 0.2) is 0 Å². The molecule has 3 heterocycles. The predicted molar refractivity (Wildman–Crippen MR) is 116 cm³/mol. The van der Waals surface area contributed by atoms with Gasteiger partial charge in [0.1, 0.15) is 17.0 Å². The Morgan fingerprint density at radius 1 is 1.10 bits per heavy atom. The van der Waals surface area contributed by atoms with Gasteiger partial charge < -0.3 is 9.13 Å². The number of halogens is 3. The smallest absolute Gasteiger partial charge is 0.323 e. The Morgan fingerprint density at radius 2 is 1.80 bits per heavy atom. The summed E-state index contributed by atoms with van der Waals surface area (Å²) in [5, 5.41) is 0. The van der Waals surface area contributed by atoms with Gasteiger partial charge in [-0.1, -0.05) is 37.3 Å². The number of benzene rings is 1. The number of rotatable bonds is 4. The van der Waals surface area contributed by atoms with Gasteiger partial charge in [-0.15, -0.1) is 23.1 Å². The number of aryl methyl sites for hydroxylation is 1. The third-order valence-electron chi connectivity index (χ3n) is 4.83. The Morgan fingerprint density at radius 3 is 2.43 bits per heavy atom. The Bertz CT molecular complexity index is 1290. The van der Waals surface area contributed by atoms with Crippen LogP contribution in [0.1, 0.15) is 12.6 Å². The average molecular weight is 450 g/mol. The van der Waals surface area contributed by atoms with Crippen molar-refractivity contribution in [2.75, 3.05) is 5.75 Å². The van der Waals surface area contributed by atoms with Gasteiger partial charge in [0.2, 0.25) is 0 Å². The Balaban J connectivity index is 1.96. The van der Waals surface area contributed by atoms with Crippen LogP contribution in [0.15, 0.2) is 51.5 Å². The Kier molecular flexibility index (Phi) is 5.27. The van der Waals surface area contributed by atoms with E-state index in [2.05, 4.69) is 4.98 Å². The van der Waals surface area contributed by atoms with Crippen LogP contribution in [-0.4, -0.2) is 19.9 Å². The van der Waals surface area contributed by atoms with Gasteiger partial charge in [-0.25, -0.2) is 4.98 Å². The number of pyridine rings is 1. The molecular weight excluding hydrogens is 431 g/mol. The molecule has 0 N–H and O–H groups in total. The second kappa shape index (κ2) is 7.63. The molecular formula is C21H18F3N3OS2. The SMILES string of the molecule is CCSc1sc(-c2ccccc2)cc1-c1nc2cc(C(F)(F)F)n(C)c(=O)c2n1C. The van der Waals surface area contributed by atoms with Crippen LogP contribution in [0.5, 0.6) is 0 Å². The molecule has 0 spiro atoms. The second-order valence-corrected chi connectivity index (χ2v) is 9.32.